The summed E-state index contributed by atoms with van der Waals surface area (Å²) < 4.78 is 7.44. The first-order valence-corrected chi connectivity index (χ1v) is 16.7. The zero-order chi connectivity index (χ0) is 29.8. The van der Waals surface area contributed by atoms with Gasteiger partial charge in [-0.1, -0.05) is 125 Å². The molecule has 40 heavy (non-hydrogen) atoms. The Morgan fingerprint density at radius 3 is 1.75 bits per heavy atom. The average molecular weight is 561 g/mol. The van der Waals surface area contributed by atoms with E-state index in [9.17, 15) is 4.79 Å². The Morgan fingerprint density at radius 2 is 1.30 bits per heavy atom. The van der Waals surface area contributed by atoms with E-state index in [4.69, 9.17) is 9.53 Å². The first-order chi connectivity index (χ1) is 18.9. The normalized spacial score (nSPS) is 14.5. The molecule has 0 saturated carbocycles. The molecule has 3 nitrogen and oxygen atoms in total. The van der Waals surface area contributed by atoms with Crippen LogP contribution >= 0.6 is 0 Å². The maximum absolute atomic E-state index is 13.1. The number of hydrogen-bond acceptors (Lipinski definition) is 3. The zero-order valence-corrected chi connectivity index (χ0v) is 27.2. The van der Waals surface area contributed by atoms with Gasteiger partial charge in [0.1, 0.15) is 5.78 Å². The van der Waals surface area contributed by atoms with E-state index in [1.54, 1.807) is 0 Å². The van der Waals surface area contributed by atoms with Crippen molar-refractivity contribution in [3.05, 3.63) is 95.6 Å². The number of hydrogen-bond donors (Lipinski definition) is 1. The van der Waals surface area contributed by atoms with E-state index in [0.29, 0.717) is 6.42 Å². The highest BCUT2D eigenvalue weighted by atomic mass is 28.4. The van der Waals surface area contributed by atoms with Crippen LogP contribution in [0.4, 0.5) is 0 Å². The van der Waals surface area contributed by atoms with Crippen LogP contribution in [0, 0.1) is 5.92 Å². The van der Waals surface area contributed by atoms with Crippen molar-refractivity contribution in [2.45, 2.75) is 98.6 Å². The van der Waals surface area contributed by atoms with E-state index in [2.05, 4.69) is 114 Å². The average Bonchev–Trinajstić information content (AvgIpc) is 2.91. The van der Waals surface area contributed by atoms with Crippen LogP contribution in [0.1, 0.15) is 87.5 Å². The Labute approximate surface area is 245 Å². The van der Waals surface area contributed by atoms with Crippen molar-refractivity contribution in [3.8, 4) is 0 Å². The zero-order valence-electron chi connectivity index (χ0n) is 26.2. The van der Waals surface area contributed by atoms with Crippen LogP contribution in [0.5, 0.6) is 0 Å². The van der Waals surface area contributed by atoms with Crippen molar-refractivity contribution in [1.29, 1.82) is 0 Å². The second-order valence-corrected chi connectivity index (χ2v) is 16.7. The second-order valence-electron chi connectivity index (χ2n) is 12.4. The maximum atomic E-state index is 13.1. The summed E-state index contributed by atoms with van der Waals surface area (Å²) in [6.45, 7) is 17.3. The standard InChI is InChI=1S/C36H52O3Si/c1-28(2)34(38)27-35(31(5)20-16-19-29(3)17-15-18-30(4)25-26-37)39-40(36(6,7)8,32-21-11-9-12-22-32)33-23-13-10-14-24-33/h9-14,17,20-25,28,35,37H,15-16,18-19,26-27H2,1-8H3/b29-17+,30-25+,31-20+. The molecule has 0 aliphatic rings. The molecule has 0 fully saturated rings. The van der Waals surface area contributed by atoms with Gasteiger partial charge in [-0.2, -0.15) is 0 Å². The lowest BCUT2D eigenvalue weighted by Gasteiger charge is -2.45. The van der Waals surface area contributed by atoms with Crippen LogP contribution < -0.4 is 10.4 Å². The van der Waals surface area contributed by atoms with E-state index in [1.165, 1.54) is 21.5 Å². The number of ketones is 1. The fourth-order valence-electron chi connectivity index (χ4n) is 5.18. The highest BCUT2D eigenvalue weighted by Gasteiger charge is 2.51. The molecule has 2 aromatic rings. The topological polar surface area (TPSA) is 46.5 Å². The Hall–Kier alpha value is -2.53. The van der Waals surface area contributed by atoms with Gasteiger partial charge in [-0.05, 0) is 67.4 Å². The molecule has 0 saturated heterocycles. The summed E-state index contributed by atoms with van der Waals surface area (Å²) in [4.78, 5) is 13.1. The van der Waals surface area contributed by atoms with Gasteiger partial charge < -0.3 is 9.53 Å². The molecule has 1 atom stereocenters. The van der Waals surface area contributed by atoms with E-state index in [0.717, 1.165) is 31.3 Å². The lowest BCUT2D eigenvalue weighted by Crippen LogP contribution is -2.67. The predicted octanol–water partition coefficient (Wildman–Crippen LogP) is 7.94. The van der Waals surface area contributed by atoms with Crippen molar-refractivity contribution in [2.75, 3.05) is 6.61 Å². The van der Waals surface area contributed by atoms with Gasteiger partial charge in [-0.15, -0.1) is 0 Å². The minimum absolute atomic E-state index is 0.0356. The van der Waals surface area contributed by atoms with E-state index >= 15 is 0 Å². The molecular formula is C36H52O3Si. The van der Waals surface area contributed by atoms with Crippen LogP contribution in [-0.4, -0.2) is 31.9 Å². The van der Waals surface area contributed by atoms with Gasteiger partial charge in [0.05, 0.1) is 12.7 Å². The summed E-state index contributed by atoms with van der Waals surface area (Å²) in [6.07, 6.45) is 10.4. The molecule has 1 N–H and O–H groups in total. The number of aliphatic hydroxyl groups is 1. The van der Waals surface area contributed by atoms with Gasteiger partial charge >= 0.3 is 0 Å². The number of benzene rings is 2. The summed E-state index contributed by atoms with van der Waals surface area (Å²) in [7, 11) is -2.80. The third-order valence-corrected chi connectivity index (χ3v) is 12.8. The van der Waals surface area contributed by atoms with Crippen molar-refractivity contribution in [2.24, 2.45) is 5.92 Å². The van der Waals surface area contributed by atoms with Gasteiger partial charge in [-0.25, -0.2) is 0 Å². The molecule has 0 spiro atoms. The molecule has 1 unspecified atom stereocenters. The van der Waals surface area contributed by atoms with Crippen molar-refractivity contribution < 1.29 is 14.3 Å². The SMILES string of the molecule is C/C(=C\CO)CC/C=C(\C)CC/C=C(\C)C(CC(=O)C(C)C)O[Si](c1ccccc1)(c1ccccc1)C(C)(C)C. The molecule has 0 radical (unpaired) electrons. The summed E-state index contributed by atoms with van der Waals surface area (Å²) >= 11 is 0. The Morgan fingerprint density at radius 1 is 0.825 bits per heavy atom. The van der Waals surface area contributed by atoms with Crippen LogP contribution in [0.3, 0.4) is 0 Å². The molecule has 0 aliphatic carbocycles. The van der Waals surface area contributed by atoms with Crippen molar-refractivity contribution in [3.63, 3.8) is 0 Å². The summed E-state index contributed by atoms with van der Waals surface area (Å²) in [5.41, 5.74) is 3.72. The fourth-order valence-corrected chi connectivity index (χ4v) is 9.89. The summed E-state index contributed by atoms with van der Waals surface area (Å²) in [5, 5.41) is 11.4. The van der Waals surface area contributed by atoms with Crippen LogP contribution in [0.15, 0.2) is 95.6 Å². The van der Waals surface area contributed by atoms with Crippen LogP contribution in [0.25, 0.3) is 0 Å². The Bertz CT molecular complexity index is 1100. The van der Waals surface area contributed by atoms with Crippen molar-refractivity contribution in [1.82, 2.24) is 0 Å². The lowest BCUT2D eigenvalue weighted by atomic mass is 9.98. The number of carbonyl (C=O) groups is 1. The molecule has 0 amide bonds. The number of carbonyl (C=O) groups excluding carboxylic acids is 1. The van der Waals surface area contributed by atoms with E-state index < -0.39 is 8.32 Å². The minimum atomic E-state index is -2.80. The maximum Gasteiger partial charge on any atom is 0.261 e. The number of rotatable bonds is 15. The first kappa shape index (κ1) is 33.7. The van der Waals surface area contributed by atoms with Gasteiger partial charge in [0.25, 0.3) is 8.32 Å². The Balaban J connectivity index is 2.43. The molecule has 2 rings (SSSR count). The summed E-state index contributed by atoms with van der Waals surface area (Å²) in [5.74, 6) is 0.199. The molecule has 2 aromatic carbocycles. The molecule has 218 valence electrons. The van der Waals surface area contributed by atoms with Gasteiger partial charge in [0.2, 0.25) is 0 Å². The third-order valence-electron chi connectivity index (χ3n) is 7.75. The van der Waals surface area contributed by atoms with Gasteiger partial charge in [0, 0.05) is 12.3 Å². The minimum Gasteiger partial charge on any atom is -0.400 e. The molecule has 0 aliphatic heterocycles. The first-order valence-electron chi connectivity index (χ1n) is 14.8. The van der Waals surface area contributed by atoms with Crippen LogP contribution in [-0.2, 0) is 9.22 Å². The molecule has 0 aromatic heterocycles. The Kier molecular flexibility index (Phi) is 13.5. The molecule has 0 bridgehead atoms. The number of Topliss-reactive ketones (excluding diaryl/α,β-unsaturated/α-hetero) is 1. The molecule has 4 heteroatoms. The highest BCUT2D eigenvalue weighted by Crippen LogP contribution is 2.39. The fraction of sp³-hybridized carbons (Fsp3) is 0.472. The summed E-state index contributed by atoms with van der Waals surface area (Å²) in [6, 6.07) is 21.3. The lowest BCUT2D eigenvalue weighted by molar-refractivity contribution is -0.123. The van der Waals surface area contributed by atoms with E-state index in [1.807, 2.05) is 19.9 Å². The smallest absolute Gasteiger partial charge is 0.261 e. The quantitative estimate of drug-likeness (QED) is 0.178. The molecular weight excluding hydrogens is 508 g/mol. The third kappa shape index (κ3) is 9.54. The van der Waals surface area contributed by atoms with Gasteiger partial charge in [0.15, 0.2) is 0 Å². The largest absolute Gasteiger partial charge is 0.400 e. The van der Waals surface area contributed by atoms with Crippen molar-refractivity contribution >= 4 is 24.5 Å². The highest BCUT2D eigenvalue weighted by molar-refractivity contribution is 6.99. The second kappa shape index (κ2) is 16.0. The molecule has 0 heterocycles. The number of allylic oxidation sites excluding steroid dienone is 4. The van der Waals surface area contributed by atoms with Crippen LogP contribution in [0.2, 0.25) is 5.04 Å². The predicted molar refractivity (Wildman–Crippen MR) is 174 cm³/mol. The van der Waals surface area contributed by atoms with E-state index in [-0.39, 0.29) is 29.5 Å². The number of aliphatic hydroxyl groups excluding tert-OH is 1. The monoisotopic (exact) mass is 560 g/mol. The van der Waals surface area contributed by atoms with Gasteiger partial charge in [-0.3, -0.25) is 4.79 Å².